The molecule has 0 spiro atoms. The van der Waals surface area contributed by atoms with Gasteiger partial charge in [-0.3, -0.25) is 9.36 Å². The Bertz CT molecular complexity index is 500. The molecule has 0 atom stereocenters. The second-order valence-electron chi connectivity index (χ2n) is 2.92. The van der Waals surface area contributed by atoms with E-state index in [0.717, 1.165) is 10.8 Å². The zero-order chi connectivity index (χ0) is 9.97. The minimum Gasteiger partial charge on any atom is -0.280 e. The van der Waals surface area contributed by atoms with Crippen molar-refractivity contribution in [1.29, 1.82) is 0 Å². The lowest BCUT2D eigenvalue weighted by Gasteiger charge is -2.00. The molecule has 14 heavy (non-hydrogen) atoms. The Hall–Kier alpha value is -1.53. The van der Waals surface area contributed by atoms with Gasteiger partial charge in [-0.15, -0.1) is 0 Å². The first kappa shape index (κ1) is 9.04. The predicted octanol–water partition coefficient (Wildman–Crippen LogP) is 3.27. The Kier molecular flexibility index (Phi) is 2.38. The summed E-state index contributed by atoms with van der Waals surface area (Å²) in [6.07, 6.45) is 0. The number of rotatable bonds is 2. The van der Waals surface area contributed by atoms with Crippen molar-refractivity contribution in [2.45, 2.75) is 0 Å². The highest BCUT2D eigenvalue weighted by molar-refractivity contribution is 7.47. The maximum absolute atomic E-state index is 11.3. The number of hydrogen-bond acceptors (Lipinski definition) is 2. The largest absolute Gasteiger partial charge is 0.280 e. The summed E-state index contributed by atoms with van der Waals surface area (Å²) in [6.45, 7) is 0. The van der Waals surface area contributed by atoms with Crippen molar-refractivity contribution < 1.29 is 9.36 Å². The van der Waals surface area contributed by atoms with Crippen molar-refractivity contribution in [3.63, 3.8) is 0 Å². The Balaban J connectivity index is 2.77. The van der Waals surface area contributed by atoms with Crippen LogP contribution in [0.3, 0.4) is 0 Å². The number of carbonyl (C=O) groups is 1. The molecule has 2 rings (SSSR count). The fraction of sp³-hybridized carbons (Fsp3) is 0. The van der Waals surface area contributed by atoms with Crippen molar-refractivity contribution >= 4 is 24.8 Å². The van der Waals surface area contributed by atoms with Crippen LogP contribution in [0.2, 0.25) is 0 Å². The van der Waals surface area contributed by atoms with Crippen LogP contribution in [0.5, 0.6) is 0 Å². The number of hydrogen-bond donors (Lipinski definition) is 0. The van der Waals surface area contributed by atoms with Crippen LogP contribution < -0.4 is 0 Å². The normalized spacial score (nSPS) is 10.6. The molecule has 0 saturated carbocycles. The Morgan fingerprint density at radius 2 is 1.71 bits per heavy atom. The summed E-state index contributed by atoms with van der Waals surface area (Å²) < 4.78 is 10.5. The number of carbonyl (C=O) groups excluding carboxylic acids is 1. The van der Waals surface area contributed by atoms with Gasteiger partial charge in [0.25, 0.3) is 5.52 Å². The summed E-state index contributed by atoms with van der Waals surface area (Å²) in [5, 5.41) is 1.84. The molecule has 0 N–H and O–H groups in total. The van der Waals surface area contributed by atoms with E-state index in [1.165, 1.54) is 0 Å². The quantitative estimate of drug-likeness (QED) is 0.700. The van der Waals surface area contributed by atoms with E-state index in [-0.39, 0.29) is 5.52 Å². The molecular weight excluding hydrogens is 195 g/mol. The smallest absolute Gasteiger partial charge is 0.253 e. The fourth-order valence-electron chi connectivity index (χ4n) is 1.46. The Morgan fingerprint density at radius 3 is 2.50 bits per heavy atom. The topological polar surface area (TPSA) is 34.1 Å². The molecule has 2 nitrogen and oxygen atoms in total. The van der Waals surface area contributed by atoms with Gasteiger partial charge in [-0.1, -0.05) is 36.4 Å². The van der Waals surface area contributed by atoms with E-state index in [1.807, 2.05) is 30.3 Å². The van der Waals surface area contributed by atoms with Crippen molar-refractivity contribution in [1.82, 2.24) is 0 Å². The van der Waals surface area contributed by atoms with Crippen LogP contribution in [-0.4, -0.2) is 5.52 Å². The third kappa shape index (κ3) is 1.45. The van der Waals surface area contributed by atoms with Crippen molar-refractivity contribution in [2.75, 3.05) is 0 Å². The molecule has 0 aliphatic rings. The van der Waals surface area contributed by atoms with Crippen LogP contribution in [0.25, 0.3) is 10.8 Å². The molecule has 0 aliphatic heterocycles. The van der Waals surface area contributed by atoms with Gasteiger partial charge in [-0.25, -0.2) is 0 Å². The van der Waals surface area contributed by atoms with E-state index < -0.39 is 8.46 Å². The summed E-state index contributed by atoms with van der Waals surface area (Å²) in [7, 11) is -0.456. The zero-order valence-electron chi connectivity index (χ0n) is 7.31. The van der Waals surface area contributed by atoms with Gasteiger partial charge in [0.2, 0.25) is 8.46 Å². The second kappa shape index (κ2) is 3.69. The minimum atomic E-state index is -0.456. The van der Waals surface area contributed by atoms with Crippen molar-refractivity contribution in [3.8, 4) is 0 Å². The summed E-state index contributed by atoms with van der Waals surface area (Å²) in [5.74, 6) is 0. The van der Waals surface area contributed by atoms with Crippen LogP contribution in [0.4, 0.5) is 0 Å². The van der Waals surface area contributed by atoms with Gasteiger partial charge in [0.05, 0.1) is 0 Å². The lowest BCUT2D eigenvalue weighted by atomic mass is 10.1. The van der Waals surface area contributed by atoms with Gasteiger partial charge in [-0.2, -0.15) is 0 Å². The van der Waals surface area contributed by atoms with Crippen LogP contribution in [0.1, 0.15) is 10.4 Å². The molecule has 2 aromatic rings. The lowest BCUT2D eigenvalue weighted by Crippen LogP contribution is -1.89. The summed E-state index contributed by atoms with van der Waals surface area (Å²) in [5.41, 5.74) is 0.140. The lowest BCUT2D eigenvalue weighted by molar-refractivity contribution is 0.108. The number of fused-ring (bicyclic) bond motifs is 1. The maximum Gasteiger partial charge on any atom is 0.253 e. The molecule has 0 heterocycles. The highest BCUT2D eigenvalue weighted by Gasteiger charge is 2.08. The third-order valence-corrected chi connectivity index (χ3v) is 2.51. The highest BCUT2D eigenvalue weighted by atomic mass is 31.1. The van der Waals surface area contributed by atoms with E-state index in [4.69, 9.17) is 0 Å². The average Bonchev–Trinajstić information content (AvgIpc) is 2.27. The van der Waals surface area contributed by atoms with Crippen molar-refractivity contribution in [3.05, 3.63) is 48.0 Å². The molecule has 0 fully saturated rings. The molecule has 0 aliphatic carbocycles. The average molecular weight is 202 g/mol. The molecule has 0 bridgehead atoms. The zero-order valence-corrected chi connectivity index (χ0v) is 8.20. The third-order valence-electron chi connectivity index (χ3n) is 2.10. The molecular formula is C11H7O2P. The maximum atomic E-state index is 11.3. The minimum absolute atomic E-state index is 0.373. The SMILES string of the molecule is O=PC(=O)c1cccc2ccccc12. The van der Waals surface area contributed by atoms with Gasteiger partial charge in [-0.05, 0) is 16.8 Å². The van der Waals surface area contributed by atoms with Gasteiger partial charge < -0.3 is 0 Å². The number of benzene rings is 2. The van der Waals surface area contributed by atoms with Gasteiger partial charge >= 0.3 is 0 Å². The Morgan fingerprint density at radius 1 is 1.00 bits per heavy atom. The summed E-state index contributed by atoms with van der Waals surface area (Å²) in [6, 6.07) is 13.0. The summed E-state index contributed by atoms with van der Waals surface area (Å²) in [4.78, 5) is 11.3. The molecule has 68 valence electrons. The molecule has 0 aromatic heterocycles. The molecule has 0 saturated heterocycles. The van der Waals surface area contributed by atoms with E-state index in [1.54, 1.807) is 12.1 Å². The van der Waals surface area contributed by atoms with Crippen LogP contribution in [0.15, 0.2) is 42.5 Å². The van der Waals surface area contributed by atoms with Crippen molar-refractivity contribution in [2.24, 2.45) is 0 Å². The van der Waals surface area contributed by atoms with E-state index >= 15 is 0 Å². The first-order valence-electron chi connectivity index (χ1n) is 4.18. The second-order valence-corrected chi connectivity index (χ2v) is 3.51. The predicted molar refractivity (Wildman–Crippen MR) is 55.9 cm³/mol. The highest BCUT2D eigenvalue weighted by Crippen LogP contribution is 2.21. The fourth-order valence-corrected chi connectivity index (χ4v) is 1.75. The molecule has 0 radical (unpaired) electrons. The van der Waals surface area contributed by atoms with Crippen LogP contribution in [-0.2, 0) is 4.57 Å². The Labute approximate surface area is 82.8 Å². The first-order chi connectivity index (χ1) is 6.83. The summed E-state index contributed by atoms with van der Waals surface area (Å²) >= 11 is 0. The molecule has 0 amide bonds. The van der Waals surface area contributed by atoms with Crippen LogP contribution in [0, 0.1) is 0 Å². The van der Waals surface area contributed by atoms with Gasteiger partial charge in [0, 0.05) is 5.56 Å². The molecule has 2 aromatic carbocycles. The first-order valence-corrected chi connectivity index (χ1v) is 4.99. The van der Waals surface area contributed by atoms with Gasteiger partial charge in [0.15, 0.2) is 0 Å². The molecule has 3 heteroatoms. The van der Waals surface area contributed by atoms with E-state index in [2.05, 4.69) is 0 Å². The monoisotopic (exact) mass is 202 g/mol. The standard InChI is InChI=1S/C11H7O2P/c12-11(14-13)10-7-3-5-8-4-1-2-6-9(8)10/h1-7H. The molecule has 0 unspecified atom stereocenters. The van der Waals surface area contributed by atoms with E-state index in [9.17, 15) is 9.36 Å². The van der Waals surface area contributed by atoms with Gasteiger partial charge in [0.1, 0.15) is 0 Å². The van der Waals surface area contributed by atoms with E-state index in [0.29, 0.717) is 5.56 Å². The van der Waals surface area contributed by atoms with Crippen LogP contribution >= 0.6 is 8.46 Å².